The third-order valence-corrected chi connectivity index (χ3v) is 4.17. The molecule has 0 atom stereocenters. The highest BCUT2D eigenvalue weighted by Gasteiger charge is 2.34. The van der Waals surface area contributed by atoms with Crippen LogP contribution in [-0.2, 0) is 0 Å². The summed E-state index contributed by atoms with van der Waals surface area (Å²) in [6.45, 7) is 0. The molecule has 3 heterocycles. The number of carbonyl (C=O) groups is 2. The van der Waals surface area contributed by atoms with Crippen molar-refractivity contribution in [2.45, 2.75) is 0 Å². The maximum Gasteiger partial charge on any atom is 0.323 e. The molecule has 3 rings (SSSR count). The first-order valence-electron chi connectivity index (χ1n) is 5.48. The van der Waals surface area contributed by atoms with Crippen molar-refractivity contribution in [2.24, 2.45) is 0 Å². The molecule has 0 aliphatic heterocycles. The minimum Gasteiger partial charge on any atom is -0.284 e. The summed E-state index contributed by atoms with van der Waals surface area (Å²) in [5.41, 5.74) is -0.130. The summed E-state index contributed by atoms with van der Waals surface area (Å²) >= 11 is 2.55. The number of rotatable bonds is 4. The number of thiophene rings is 2. The first kappa shape index (κ1) is 12.7. The molecule has 20 heavy (non-hydrogen) atoms. The maximum atomic E-state index is 12.2. The summed E-state index contributed by atoms with van der Waals surface area (Å²) in [7, 11) is 0. The molecule has 6 nitrogen and oxygen atoms in total. The van der Waals surface area contributed by atoms with Crippen LogP contribution in [0, 0.1) is 4.91 Å². The Kier molecular flexibility index (Phi) is 3.17. The van der Waals surface area contributed by atoms with E-state index in [-0.39, 0.29) is 16.0 Å². The van der Waals surface area contributed by atoms with Gasteiger partial charge in [0, 0.05) is 10.9 Å². The Morgan fingerprint density at radius 2 is 2.05 bits per heavy atom. The minimum atomic E-state index is -0.550. The van der Waals surface area contributed by atoms with Crippen LogP contribution in [0.5, 0.6) is 0 Å². The number of nitrogens with one attached hydrogen (secondary N) is 1. The fraction of sp³-hybridized carbons (Fsp3) is 0. The number of H-pyrrole nitrogens is 1. The summed E-state index contributed by atoms with van der Waals surface area (Å²) in [6.07, 6.45) is 0. The van der Waals surface area contributed by atoms with Crippen molar-refractivity contribution < 1.29 is 18.8 Å². The smallest absolute Gasteiger partial charge is 0.284 e. The first-order valence-corrected chi connectivity index (χ1v) is 7.30. The van der Waals surface area contributed by atoms with Crippen LogP contribution in [0.25, 0.3) is 0 Å². The summed E-state index contributed by atoms with van der Waals surface area (Å²) < 4.78 is 4.57. The predicted molar refractivity (Wildman–Crippen MR) is 71.9 cm³/mol. The van der Waals surface area contributed by atoms with Crippen LogP contribution in [0.3, 0.4) is 0 Å². The number of hydrogen-bond donors (Lipinski definition) is 1. The lowest BCUT2D eigenvalue weighted by molar-refractivity contribution is -0.714. The van der Waals surface area contributed by atoms with E-state index in [0.717, 1.165) is 0 Å². The normalized spacial score (nSPS) is 10.6. The molecule has 0 aliphatic carbocycles. The number of aromatic nitrogens is 2. The van der Waals surface area contributed by atoms with E-state index in [1.807, 2.05) is 0 Å². The van der Waals surface area contributed by atoms with Crippen molar-refractivity contribution in [3.63, 3.8) is 0 Å². The van der Waals surface area contributed by atoms with Crippen molar-refractivity contribution >= 4 is 34.2 Å². The number of carbonyl (C=O) groups excluding carboxylic acids is 2. The van der Waals surface area contributed by atoms with Gasteiger partial charge in [0.2, 0.25) is 5.78 Å². The highest BCUT2D eigenvalue weighted by Crippen LogP contribution is 2.18. The van der Waals surface area contributed by atoms with Crippen molar-refractivity contribution in [3.8, 4) is 0 Å². The SMILES string of the molecule is O=C(c1cccs1)c1[nH]o[n+](=O)c1C(=O)c1ccsc1. The van der Waals surface area contributed by atoms with E-state index >= 15 is 0 Å². The molecule has 0 aromatic carbocycles. The van der Waals surface area contributed by atoms with Gasteiger partial charge < -0.3 is 0 Å². The zero-order valence-corrected chi connectivity index (χ0v) is 11.5. The van der Waals surface area contributed by atoms with Gasteiger partial charge in [-0.05, 0) is 27.8 Å². The molecule has 3 aromatic rings. The van der Waals surface area contributed by atoms with Gasteiger partial charge in [-0.2, -0.15) is 11.3 Å². The molecule has 0 aliphatic rings. The zero-order valence-electron chi connectivity index (χ0n) is 9.86. The molecule has 100 valence electrons. The van der Waals surface area contributed by atoms with E-state index in [1.165, 1.54) is 22.7 Å². The lowest BCUT2D eigenvalue weighted by Gasteiger charge is -1.91. The van der Waals surface area contributed by atoms with Gasteiger partial charge in [-0.25, -0.2) is 0 Å². The van der Waals surface area contributed by atoms with Gasteiger partial charge in [0.25, 0.3) is 11.5 Å². The van der Waals surface area contributed by atoms with Gasteiger partial charge in [-0.3, -0.25) is 9.59 Å². The van der Waals surface area contributed by atoms with Gasteiger partial charge in [0.1, 0.15) is 0 Å². The average molecular weight is 307 g/mol. The summed E-state index contributed by atoms with van der Waals surface area (Å²) in [6, 6.07) is 4.91. The van der Waals surface area contributed by atoms with Crippen LogP contribution in [0.15, 0.2) is 39.0 Å². The molecule has 3 aromatic heterocycles. The van der Waals surface area contributed by atoms with E-state index < -0.39 is 11.6 Å². The predicted octanol–water partition coefficient (Wildman–Crippen LogP) is 2.11. The van der Waals surface area contributed by atoms with E-state index in [9.17, 15) is 14.5 Å². The zero-order chi connectivity index (χ0) is 14.1. The molecule has 0 saturated heterocycles. The molecular formula is C12H7N2O4S2+. The molecule has 0 spiro atoms. The quantitative estimate of drug-likeness (QED) is 0.748. The Morgan fingerprint density at radius 3 is 2.70 bits per heavy atom. The van der Waals surface area contributed by atoms with Crippen LogP contribution < -0.4 is 4.60 Å². The van der Waals surface area contributed by atoms with Crippen LogP contribution in [-0.4, -0.2) is 16.7 Å². The Balaban J connectivity index is 2.09. The maximum absolute atomic E-state index is 12.2. The molecular weight excluding hydrogens is 300 g/mol. The van der Waals surface area contributed by atoms with Crippen LogP contribution in [0.2, 0.25) is 0 Å². The fourth-order valence-electron chi connectivity index (χ4n) is 1.68. The molecule has 0 radical (unpaired) electrons. The van der Waals surface area contributed by atoms with Gasteiger partial charge >= 0.3 is 5.69 Å². The van der Waals surface area contributed by atoms with Gasteiger partial charge in [-0.15, -0.1) is 11.3 Å². The number of nitrogens with zero attached hydrogens (tertiary/aromatic N) is 1. The van der Waals surface area contributed by atoms with Gasteiger partial charge in [-0.1, -0.05) is 15.9 Å². The highest BCUT2D eigenvalue weighted by molar-refractivity contribution is 7.12. The largest absolute Gasteiger partial charge is 0.323 e. The summed E-state index contributed by atoms with van der Waals surface area (Å²) in [4.78, 5) is 36.5. The van der Waals surface area contributed by atoms with Crippen molar-refractivity contribution in [3.05, 3.63) is 61.1 Å². The third kappa shape index (κ3) is 2.04. The molecule has 0 saturated carbocycles. The van der Waals surface area contributed by atoms with Crippen LogP contribution in [0.1, 0.15) is 31.4 Å². The van der Waals surface area contributed by atoms with Crippen LogP contribution in [0.4, 0.5) is 0 Å². The second-order valence-corrected chi connectivity index (χ2v) is 5.55. The standard InChI is InChI=1S/C12H6N2O4S2/c15-11(7-3-5-19-6-7)10-9(13-18-14(10)17)12(16)8-2-1-4-20-8/h1-6H/p+1. The lowest BCUT2D eigenvalue weighted by Crippen LogP contribution is -2.23. The van der Waals surface area contributed by atoms with Gasteiger partial charge in [0.05, 0.1) is 4.88 Å². The summed E-state index contributed by atoms with van der Waals surface area (Å²) in [5.74, 6) is -0.997. The monoisotopic (exact) mass is 307 g/mol. The average Bonchev–Trinajstić information content (AvgIpc) is 3.19. The Morgan fingerprint density at radius 1 is 1.20 bits per heavy atom. The van der Waals surface area contributed by atoms with E-state index in [2.05, 4.69) is 9.79 Å². The fourth-order valence-corrected chi connectivity index (χ4v) is 2.99. The summed E-state index contributed by atoms with van der Waals surface area (Å²) in [5, 5.41) is 7.28. The minimum absolute atomic E-state index is 0.0286. The van der Waals surface area contributed by atoms with E-state index in [0.29, 0.717) is 10.4 Å². The number of ketones is 2. The number of aromatic amines is 1. The van der Waals surface area contributed by atoms with Gasteiger partial charge in [0.15, 0.2) is 4.60 Å². The molecule has 0 amide bonds. The second kappa shape index (κ2) is 4.99. The topological polar surface area (TPSA) is 86.0 Å². The third-order valence-electron chi connectivity index (χ3n) is 2.62. The van der Waals surface area contributed by atoms with Crippen LogP contribution >= 0.6 is 22.7 Å². The Bertz CT molecular complexity index is 812. The number of hydrogen-bond acceptors (Lipinski definition) is 6. The van der Waals surface area contributed by atoms with E-state index in [4.69, 9.17) is 0 Å². The molecule has 8 heteroatoms. The molecule has 0 fully saturated rings. The highest BCUT2D eigenvalue weighted by atomic mass is 32.1. The van der Waals surface area contributed by atoms with Crippen molar-refractivity contribution in [1.29, 1.82) is 0 Å². The first-order chi connectivity index (χ1) is 9.68. The lowest BCUT2D eigenvalue weighted by atomic mass is 10.1. The molecule has 0 bridgehead atoms. The van der Waals surface area contributed by atoms with Crippen molar-refractivity contribution in [2.75, 3.05) is 0 Å². The molecule has 0 unspecified atom stereocenters. The Labute approximate surface area is 119 Å². The Hall–Kier alpha value is -2.32. The molecule has 1 N–H and O–H groups in total. The van der Waals surface area contributed by atoms with E-state index in [1.54, 1.807) is 34.3 Å². The second-order valence-electron chi connectivity index (χ2n) is 3.82. The van der Waals surface area contributed by atoms with Crippen molar-refractivity contribution in [1.82, 2.24) is 5.16 Å².